The lowest BCUT2D eigenvalue weighted by Crippen LogP contribution is -2.33. The van der Waals surface area contributed by atoms with Crippen molar-refractivity contribution in [1.82, 2.24) is 0 Å². The predicted molar refractivity (Wildman–Crippen MR) is 77.3 cm³/mol. The highest BCUT2D eigenvalue weighted by molar-refractivity contribution is 5.83. The van der Waals surface area contributed by atoms with Crippen molar-refractivity contribution < 1.29 is 15.0 Å². The molecule has 1 heterocycles. The molecular weight excluding hydrogens is 254 g/mol. The molecule has 0 amide bonds. The van der Waals surface area contributed by atoms with Crippen LogP contribution in [0.15, 0.2) is 18.2 Å². The molecule has 3 rings (SSSR count). The number of nitrogens with zero attached hydrogens (tertiary/aromatic N) is 1. The molecule has 2 aliphatic rings. The second-order valence-corrected chi connectivity index (χ2v) is 5.99. The van der Waals surface area contributed by atoms with E-state index < -0.39 is 11.4 Å². The molecule has 0 spiro atoms. The highest BCUT2D eigenvalue weighted by atomic mass is 16.4. The Kier molecular flexibility index (Phi) is 3.32. The van der Waals surface area contributed by atoms with Gasteiger partial charge in [-0.1, -0.05) is 12.8 Å². The molecule has 1 aliphatic heterocycles. The van der Waals surface area contributed by atoms with Crippen molar-refractivity contribution >= 4 is 11.7 Å². The molecule has 0 unspecified atom stereocenters. The lowest BCUT2D eigenvalue weighted by atomic mass is 9.78. The number of hydrogen-bond acceptors (Lipinski definition) is 3. The van der Waals surface area contributed by atoms with Crippen molar-refractivity contribution in [2.75, 3.05) is 18.0 Å². The van der Waals surface area contributed by atoms with E-state index in [1.165, 1.54) is 12.8 Å². The summed E-state index contributed by atoms with van der Waals surface area (Å²) in [6.45, 7) is 2.04. The van der Waals surface area contributed by atoms with Crippen molar-refractivity contribution in [2.45, 2.75) is 43.9 Å². The summed E-state index contributed by atoms with van der Waals surface area (Å²) in [5, 5.41) is 19.8. The van der Waals surface area contributed by atoms with E-state index in [2.05, 4.69) is 4.90 Å². The third-order valence-electron chi connectivity index (χ3n) is 4.83. The monoisotopic (exact) mass is 275 g/mol. The standard InChI is InChI=1S/C16H21NO3/c18-14-6-5-12(17-9-3-4-10-17)11-13(14)16(15(19)20)7-1-2-8-16/h5-6,11,18H,1-4,7-10H2,(H,19,20). The lowest BCUT2D eigenvalue weighted by molar-refractivity contribution is -0.143. The zero-order valence-corrected chi connectivity index (χ0v) is 11.6. The second-order valence-electron chi connectivity index (χ2n) is 5.99. The van der Waals surface area contributed by atoms with Crippen molar-refractivity contribution in [1.29, 1.82) is 0 Å². The molecule has 1 saturated carbocycles. The van der Waals surface area contributed by atoms with E-state index in [-0.39, 0.29) is 5.75 Å². The summed E-state index contributed by atoms with van der Waals surface area (Å²) in [6, 6.07) is 5.46. The number of aliphatic carboxylic acids is 1. The number of benzene rings is 1. The Bertz CT molecular complexity index is 514. The van der Waals surface area contributed by atoms with Crippen LogP contribution in [-0.2, 0) is 10.2 Å². The lowest BCUT2D eigenvalue weighted by Gasteiger charge is -2.27. The van der Waals surface area contributed by atoms with Crippen LogP contribution in [0.1, 0.15) is 44.1 Å². The number of phenolic OH excluding ortho intramolecular Hbond substituents is 1. The van der Waals surface area contributed by atoms with Crippen LogP contribution in [0.5, 0.6) is 5.75 Å². The summed E-state index contributed by atoms with van der Waals surface area (Å²) in [4.78, 5) is 14.1. The van der Waals surface area contributed by atoms with Crippen LogP contribution in [-0.4, -0.2) is 29.3 Å². The van der Waals surface area contributed by atoms with Crippen molar-refractivity contribution in [2.24, 2.45) is 0 Å². The van der Waals surface area contributed by atoms with Gasteiger partial charge in [0.05, 0.1) is 5.41 Å². The van der Waals surface area contributed by atoms with Gasteiger partial charge >= 0.3 is 5.97 Å². The third kappa shape index (κ3) is 2.03. The van der Waals surface area contributed by atoms with E-state index in [1.54, 1.807) is 6.07 Å². The number of phenols is 1. The van der Waals surface area contributed by atoms with Crippen LogP contribution >= 0.6 is 0 Å². The molecular formula is C16H21NO3. The van der Waals surface area contributed by atoms with Gasteiger partial charge in [0, 0.05) is 24.3 Å². The fraction of sp³-hybridized carbons (Fsp3) is 0.562. The maximum absolute atomic E-state index is 11.8. The fourth-order valence-corrected chi connectivity index (χ4v) is 3.66. The quantitative estimate of drug-likeness (QED) is 0.890. The molecule has 4 heteroatoms. The molecule has 0 aromatic heterocycles. The van der Waals surface area contributed by atoms with Gasteiger partial charge in [0.2, 0.25) is 0 Å². The van der Waals surface area contributed by atoms with Gasteiger partial charge in [0.1, 0.15) is 5.75 Å². The van der Waals surface area contributed by atoms with Gasteiger partial charge in [0.25, 0.3) is 0 Å². The van der Waals surface area contributed by atoms with Crippen LogP contribution in [0, 0.1) is 0 Å². The van der Waals surface area contributed by atoms with Gasteiger partial charge < -0.3 is 15.1 Å². The van der Waals surface area contributed by atoms with Gasteiger partial charge in [-0.05, 0) is 43.9 Å². The SMILES string of the molecule is O=C(O)C1(c2cc(N3CCCC3)ccc2O)CCCC1. The molecule has 1 aromatic rings. The molecule has 2 N–H and O–H groups in total. The Labute approximate surface area is 119 Å². The molecule has 4 nitrogen and oxygen atoms in total. The van der Waals surface area contributed by atoms with Crippen molar-refractivity contribution in [3.05, 3.63) is 23.8 Å². The first-order chi connectivity index (χ1) is 9.63. The summed E-state index contributed by atoms with van der Waals surface area (Å²) >= 11 is 0. The average molecular weight is 275 g/mol. The maximum Gasteiger partial charge on any atom is 0.314 e. The number of rotatable bonds is 3. The molecule has 20 heavy (non-hydrogen) atoms. The highest BCUT2D eigenvalue weighted by Crippen LogP contribution is 2.46. The zero-order chi connectivity index (χ0) is 14.2. The normalized spacial score (nSPS) is 21.3. The molecule has 0 bridgehead atoms. The minimum Gasteiger partial charge on any atom is -0.508 e. The number of carbonyl (C=O) groups is 1. The molecule has 1 saturated heterocycles. The fourth-order valence-electron chi connectivity index (χ4n) is 3.66. The molecule has 1 aliphatic carbocycles. The van der Waals surface area contributed by atoms with E-state index in [9.17, 15) is 15.0 Å². The summed E-state index contributed by atoms with van der Waals surface area (Å²) < 4.78 is 0. The van der Waals surface area contributed by atoms with Crippen LogP contribution in [0.25, 0.3) is 0 Å². The molecule has 2 fully saturated rings. The van der Waals surface area contributed by atoms with Gasteiger partial charge in [-0.15, -0.1) is 0 Å². The predicted octanol–water partition coefficient (Wildman–Crippen LogP) is 2.89. The summed E-state index contributed by atoms with van der Waals surface area (Å²) in [6.07, 6.45) is 5.44. The van der Waals surface area contributed by atoms with Gasteiger partial charge in [-0.2, -0.15) is 0 Å². The summed E-state index contributed by atoms with van der Waals surface area (Å²) in [5.41, 5.74) is 0.759. The Hall–Kier alpha value is -1.71. The first-order valence-electron chi connectivity index (χ1n) is 7.45. The zero-order valence-electron chi connectivity index (χ0n) is 11.6. The molecule has 0 atom stereocenters. The van der Waals surface area contributed by atoms with Gasteiger partial charge in [-0.3, -0.25) is 4.79 Å². The smallest absolute Gasteiger partial charge is 0.314 e. The highest BCUT2D eigenvalue weighted by Gasteiger charge is 2.44. The molecule has 0 radical (unpaired) electrons. The van der Waals surface area contributed by atoms with E-state index in [1.807, 2.05) is 12.1 Å². The summed E-state index contributed by atoms with van der Waals surface area (Å²) in [7, 11) is 0. The second kappa shape index (κ2) is 5.00. The minimum atomic E-state index is -0.889. The van der Waals surface area contributed by atoms with Crippen LogP contribution < -0.4 is 4.90 Å². The minimum absolute atomic E-state index is 0.122. The number of hydrogen-bond donors (Lipinski definition) is 2. The van der Waals surface area contributed by atoms with Gasteiger partial charge in [-0.25, -0.2) is 0 Å². The van der Waals surface area contributed by atoms with Crippen LogP contribution in [0.4, 0.5) is 5.69 Å². The number of anilines is 1. The van der Waals surface area contributed by atoms with E-state index >= 15 is 0 Å². The number of carboxylic acids is 1. The van der Waals surface area contributed by atoms with Gasteiger partial charge in [0.15, 0.2) is 0 Å². The maximum atomic E-state index is 11.8. The Balaban J connectivity index is 2.03. The number of aromatic hydroxyl groups is 1. The van der Waals surface area contributed by atoms with E-state index in [4.69, 9.17) is 0 Å². The first kappa shape index (κ1) is 13.3. The molecule has 1 aromatic carbocycles. The van der Waals surface area contributed by atoms with E-state index in [0.29, 0.717) is 18.4 Å². The van der Waals surface area contributed by atoms with Crippen molar-refractivity contribution in [3.8, 4) is 5.75 Å². The van der Waals surface area contributed by atoms with Crippen LogP contribution in [0.2, 0.25) is 0 Å². The third-order valence-corrected chi connectivity index (χ3v) is 4.83. The topological polar surface area (TPSA) is 60.8 Å². The first-order valence-corrected chi connectivity index (χ1v) is 7.45. The Morgan fingerprint density at radius 2 is 1.75 bits per heavy atom. The Morgan fingerprint density at radius 3 is 2.35 bits per heavy atom. The van der Waals surface area contributed by atoms with E-state index in [0.717, 1.165) is 31.6 Å². The molecule has 108 valence electrons. The number of carboxylic acid groups (broad SMARTS) is 1. The summed E-state index contributed by atoms with van der Waals surface area (Å²) in [5.74, 6) is -0.680. The average Bonchev–Trinajstić information content (AvgIpc) is 3.11. The van der Waals surface area contributed by atoms with Crippen LogP contribution in [0.3, 0.4) is 0 Å². The largest absolute Gasteiger partial charge is 0.508 e. The Morgan fingerprint density at radius 1 is 1.10 bits per heavy atom. The van der Waals surface area contributed by atoms with Crippen molar-refractivity contribution in [3.63, 3.8) is 0 Å².